The average Bonchev–Trinajstić information content (AvgIpc) is 3.54. The molecule has 0 spiro atoms. The Bertz CT molecular complexity index is 2040. The van der Waals surface area contributed by atoms with E-state index in [1.165, 1.54) is 30.3 Å². The lowest BCUT2D eigenvalue weighted by Crippen LogP contribution is -2.53. The minimum Gasteiger partial charge on any atom is -0.494 e. The number of aliphatic hydroxyl groups excluding tert-OH is 1. The molecule has 1 aliphatic rings. The molecule has 0 saturated carbocycles. The van der Waals surface area contributed by atoms with E-state index in [2.05, 4.69) is 20.9 Å². The summed E-state index contributed by atoms with van der Waals surface area (Å²) in [6, 6.07) is 25.8. The molecule has 0 aromatic heterocycles. The SMILES string of the molecule is [N-]=[N+]=NCc1ccccc1[C@@H]1OC(c2ccc(OCCCO)cc2)=N[C@]1(CCS(=O)(=O)c1ccccc1)C(=O)NNCc1ccccc1C(F)(F)F. The first-order chi connectivity index (χ1) is 25.0. The molecule has 12 nitrogen and oxygen atoms in total. The number of alkyl halides is 3. The molecule has 1 heterocycles. The molecular formula is C36H35F3N6O6S. The molecule has 0 aliphatic carbocycles. The smallest absolute Gasteiger partial charge is 0.416 e. The van der Waals surface area contributed by atoms with Crippen LogP contribution in [0.4, 0.5) is 13.2 Å². The monoisotopic (exact) mass is 736 g/mol. The number of azide groups is 1. The molecule has 272 valence electrons. The largest absolute Gasteiger partial charge is 0.494 e. The van der Waals surface area contributed by atoms with Crippen molar-refractivity contribution in [1.82, 2.24) is 10.9 Å². The van der Waals surface area contributed by atoms with Crippen LogP contribution in [0.15, 0.2) is 118 Å². The molecule has 1 aliphatic heterocycles. The zero-order valence-corrected chi connectivity index (χ0v) is 28.5. The van der Waals surface area contributed by atoms with Crippen molar-refractivity contribution in [3.05, 3.63) is 141 Å². The fraction of sp³-hybridized carbons (Fsp3) is 0.278. The van der Waals surface area contributed by atoms with E-state index in [-0.39, 0.29) is 36.1 Å². The summed E-state index contributed by atoms with van der Waals surface area (Å²) in [5.41, 5.74) is 12.4. The van der Waals surface area contributed by atoms with Crippen LogP contribution in [0.25, 0.3) is 10.4 Å². The van der Waals surface area contributed by atoms with Crippen LogP contribution in [0.1, 0.15) is 46.8 Å². The Balaban J connectivity index is 1.57. The molecule has 0 unspecified atom stereocenters. The van der Waals surface area contributed by atoms with Gasteiger partial charge in [-0.1, -0.05) is 65.8 Å². The zero-order chi connectivity index (χ0) is 37.2. The Morgan fingerprint density at radius 2 is 1.65 bits per heavy atom. The maximum atomic E-state index is 14.5. The van der Waals surface area contributed by atoms with Gasteiger partial charge in [0.2, 0.25) is 5.90 Å². The lowest BCUT2D eigenvalue weighted by Gasteiger charge is -2.31. The third-order valence-corrected chi connectivity index (χ3v) is 10.1. The molecular weight excluding hydrogens is 701 g/mol. The summed E-state index contributed by atoms with van der Waals surface area (Å²) in [4.78, 5) is 22.1. The number of benzene rings is 4. The number of hydrogen-bond acceptors (Lipinski definition) is 9. The number of nitrogens with one attached hydrogen (secondary N) is 2. The van der Waals surface area contributed by atoms with Gasteiger partial charge in [0.15, 0.2) is 21.5 Å². The predicted octanol–water partition coefficient (Wildman–Crippen LogP) is 6.22. The van der Waals surface area contributed by atoms with E-state index < -0.39 is 57.8 Å². The first-order valence-electron chi connectivity index (χ1n) is 16.1. The fourth-order valence-electron chi connectivity index (χ4n) is 5.70. The number of ether oxygens (including phenoxy) is 2. The lowest BCUT2D eigenvalue weighted by atomic mass is 9.83. The second-order valence-corrected chi connectivity index (χ2v) is 13.8. The molecule has 2 atom stereocenters. The topological polar surface area (TPSA) is 175 Å². The van der Waals surface area contributed by atoms with Crippen molar-refractivity contribution in [1.29, 1.82) is 0 Å². The summed E-state index contributed by atoms with van der Waals surface area (Å²) < 4.78 is 80.4. The second kappa shape index (κ2) is 16.7. The summed E-state index contributed by atoms with van der Waals surface area (Å²) in [5.74, 6) is -0.954. The van der Waals surface area contributed by atoms with Gasteiger partial charge in [-0.3, -0.25) is 10.2 Å². The quantitative estimate of drug-likeness (QED) is 0.0402. The van der Waals surface area contributed by atoms with Gasteiger partial charge in [-0.05, 0) is 64.7 Å². The summed E-state index contributed by atoms with van der Waals surface area (Å²) in [6.07, 6.45) is -5.91. The van der Waals surface area contributed by atoms with Crippen molar-refractivity contribution in [2.24, 2.45) is 10.1 Å². The third kappa shape index (κ3) is 8.90. The van der Waals surface area contributed by atoms with Gasteiger partial charge >= 0.3 is 6.18 Å². The molecule has 4 aromatic rings. The number of halogens is 3. The molecule has 16 heteroatoms. The van der Waals surface area contributed by atoms with Crippen LogP contribution in [0.5, 0.6) is 5.75 Å². The second-order valence-electron chi connectivity index (χ2n) is 11.7. The number of sulfone groups is 1. The highest BCUT2D eigenvalue weighted by atomic mass is 32.2. The maximum absolute atomic E-state index is 14.5. The van der Waals surface area contributed by atoms with Crippen LogP contribution >= 0.6 is 0 Å². The maximum Gasteiger partial charge on any atom is 0.416 e. The summed E-state index contributed by atoms with van der Waals surface area (Å²) >= 11 is 0. The highest BCUT2D eigenvalue weighted by Gasteiger charge is 2.54. The first kappa shape index (κ1) is 37.8. The number of carbonyl (C=O) groups excluding carboxylic acids is 1. The summed E-state index contributed by atoms with van der Waals surface area (Å²) in [6.45, 7) is -0.322. The molecule has 0 saturated heterocycles. The lowest BCUT2D eigenvalue weighted by molar-refractivity contribution is -0.138. The van der Waals surface area contributed by atoms with Crippen molar-refractivity contribution in [3.8, 4) is 5.75 Å². The number of nitrogens with zero attached hydrogens (tertiary/aromatic N) is 4. The summed E-state index contributed by atoms with van der Waals surface area (Å²) in [7, 11) is -3.98. The highest BCUT2D eigenvalue weighted by Crippen LogP contribution is 2.44. The standard InChI is InChI=1S/C36H35F3N6O6S/c37-36(38,39)31-14-7-5-10-27(31)24-41-44-34(47)35(19-22-52(48,49)29-11-2-1-3-12-29)32(30-13-6-4-9-26(30)23-42-45-40)51-33(43-35)25-15-17-28(18-16-25)50-21-8-20-46/h1-7,9-18,32,41,46H,8,19-24H2,(H,44,47)/t32-,35-/m0/s1. The molecule has 0 bridgehead atoms. The van der Waals surface area contributed by atoms with Gasteiger partial charge in [-0.25, -0.2) is 18.8 Å². The van der Waals surface area contributed by atoms with E-state index in [0.29, 0.717) is 28.9 Å². The van der Waals surface area contributed by atoms with E-state index >= 15 is 0 Å². The number of hydrogen-bond donors (Lipinski definition) is 3. The minimum atomic E-state index is -4.64. The van der Waals surface area contributed by atoms with Crippen molar-refractivity contribution < 1.29 is 41.0 Å². The Morgan fingerprint density at radius 1 is 0.981 bits per heavy atom. The van der Waals surface area contributed by atoms with E-state index in [1.54, 1.807) is 66.7 Å². The van der Waals surface area contributed by atoms with E-state index in [9.17, 15) is 26.4 Å². The number of amides is 1. The number of carbonyl (C=O) groups is 1. The van der Waals surface area contributed by atoms with Crippen LogP contribution in [-0.4, -0.2) is 49.8 Å². The van der Waals surface area contributed by atoms with Crippen LogP contribution in [0.3, 0.4) is 0 Å². The normalized spacial score (nSPS) is 17.1. The number of aliphatic hydroxyl groups is 1. The number of aliphatic imine (C=N–C) groups is 1. The number of rotatable bonds is 16. The molecule has 1 amide bonds. The third-order valence-electron chi connectivity index (χ3n) is 8.33. The van der Waals surface area contributed by atoms with Crippen molar-refractivity contribution in [2.45, 2.75) is 48.6 Å². The van der Waals surface area contributed by atoms with Gasteiger partial charge in [0.1, 0.15) is 5.75 Å². The average molecular weight is 737 g/mol. The van der Waals surface area contributed by atoms with Crippen LogP contribution in [0, 0.1) is 0 Å². The van der Waals surface area contributed by atoms with Crippen molar-refractivity contribution in [3.63, 3.8) is 0 Å². The van der Waals surface area contributed by atoms with Crippen LogP contribution in [0.2, 0.25) is 0 Å². The summed E-state index contributed by atoms with van der Waals surface area (Å²) in [5, 5.41) is 12.7. The molecule has 3 N–H and O–H groups in total. The van der Waals surface area contributed by atoms with Crippen molar-refractivity contribution in [2.75, 3.05) is 19.0 Å². The zero-order valence-electron chi connectivity index (χ0n) is 27.7. The highest BCUT2D eigenvalue weighted by molar-refractivity contribution is 7.91. The van der Waals surface area contributed by atoms with E-state index in [1.807, 2.05) is 0 Å². The fourth-order valence-corrected chi connectivity index (χ4v) is 7.09. The van der Waals surface area contributed by atoms with E-state index in [4.69, 9.17) is 25.1 Å². The first-order valence-corrected chi connectivity index (χ1v) is 17.8. The Hall–Kier alpha value is -5.41. The van der Waals surface area contributed by atoms with Gasteiger partial charge in [0.25, 0.3) is 5.91 Å². The predicted molar refractivity (Wildman–Crippen MR) is 186 cm³/mol. The van der Waals surface area contributed by atoms with Gasteiger partial charge in [0, 0.05) is 36.5 Å². The van der Waals surface area contributed by atoms with Gasteiger partial charge in [0.05, 0.1) is 29.4 Å². The molecule has 5 rings (SSSR count). The van der Waals surface area contributed by atoms with Crippen LogP contribution in [-0.2, 0) is 38.6 Å². The molecule has 52 heavy (non-hydrogen) atoms. The number of hydrazine groups is 1. The Labute approximate surface area is 297 Å². The Kier molecular flexibility index (Phi) is 12.2. The molecule has 4 aromatic carbocycles. The van der Waals surface area contributed by atoms with E-state index in [0.717, 1.165) is 6.07 Å². The van der Waals surface area contributed by atoms with Crippen molar-refractivity contribution >= 4 is 21.6 Å². The van der Waals surface area contributed by atoms with Crippen LogP contribution < -0.4 is 15.6 Å². The minimum absolute atomic E-state index is 0.0137. The van der Waals surface area contributed by atoms with Gasteiger partial charge < -0.3 is 14.6 Å². The molecule has 0 fully saturated rings. The van der Waals surface area contributed by atoms with Gasteiger partial charge in [-0.15, -0.1) is 0 Å². The Morgan fingerprint density at radius 3 is 2.35 bits per heavy atom. The molecule has 0 radical (unpaired) electrons. The van der Waals surface area contributed by atoms with Gasteiger partial charge in [-0.2, -0.15) is 13.2 Å².